The lowest BCUT2D eigenvalue weighted by Gasteiger charge is -2.32. The largest absolute Gasteiger partial charge is 0.489 e. The number of hydrogen-bond donors (Lipinski definition) is 1. The van der Waals surface area contributed by atoms with Crippen LogP contribution in [0.2, 0.25) is 0 Å². The monoisotopic (exact) mass is 611 g/mol. The van der Waals surface area contributed by atoms with Crippen LogP contribution in [0.3, 0.4) is 0 Å². The van der Waals surface area contributed by atoms with Gasteiger partial charge in [0.1, 0.15) is 6.61 Å². The number of nitrogens with two attached hydrogens (primary N) is 1. The SMILES string of the molecule is CCC1(C)COCCO[C@H](C)COCC(C)(C)COCC(CN)COCCOc2ccccc2OCC(C)(CC)COC1. The van der Waals surface area contributed by atoms with E-state index in [1.807, 2.05) is 31.2 Å². The van der Waals surface area contributed by atoms with Crippen LogP contribution in [0.15, 0.2) is 24.3 Å². The maximum absolute atomic E-state index is 6.29. The maximum Gasteiger partial charge on any atom is 0.161 e. The molecule has 1 aliphatic rings. The van der Waals surface area contributed by atoms with Crippen molar-refractivity contribution in [1.29, 1.82) is 0 Å². The topological polar surface area (TPSA) is 99.9 Å². The predicted octanol–water partition coefficient (Wildman–Crippen LogP) is 5.38. The average molecular weight is 612 g/mol. The van der Waals surface area contributed by atoms with Gasteiger partial charge in [-0.1, -0.05) is 53.7 Å². The summed E-state index contributed by atoms with van der Waals surface area (Å²) in [6.45, 7) is 22.5. The highest BCUT2D eigenvalue weighted by Gasteiger charge is 2.28. The molecule has 0 radical (unpaired) electrons. The Kier molecular flexibility index (Phi) is 17.4. The van der Waals surface area contributed by atoms with E-state index >= 15 is 0 Å². The summed E-state index contributed by atoms with van der Waals surface area (Å²) in [5.74, 6) is 1.54. The molecule has 0 spiro atoms. The summed E-state index contributed by atoms with van der Waals surface area (Å²) in [6, 6.07) is 7.77. The van der Waals surface area contributed by atoms with Crippen molar-refractivity contribution >= 4 is 0 Å². The van der Waals surface area contributed by atoms with E-state index in [2.05, 4.69) is 41.5 Å². The first-order chi connectivity index (χ1) is 20.5. The molecule has 1 aliphatic heterocycles. The number of ether oxygens (including phenoxy) is 8. The maximum atomic E-state index is 6.29. The molecular formula is C34H61NO8. The lowest BCUT2D eigenvalue weighted by molar-refractivity contribution is -0.0745. The fourth-order valence-corrected chi connectivity index (χ4v) is 4.34. The Balaban J connectivity index is 2.01. The quantitative estimate of drug-likeness (QED) is 0.483. The van der Waals surface area contributed by atoms with Crippen molar-refractivity contribution in [2.24, 2.45) is 27.9 Å². The summed E-state index contributed by atoms with van der Waals surface area (Å²) in [6.07, 6.45) is 1.86. The molecule has 3 unspecified atom stereocenters. The first kappa shape index (κ1) is 37.7. The number of hydrogen-bond acceptors (Lipinski definition) is 9. The standard InChI is InChI=1S/C34H61NO8/c1-8-33(6)24-37-15-16-41-28(3)19-38-22-32(4,5)23-39-21-29(18-35)20-36-14-17-42-30-12-10-11-13-31(30)43-27-34(7,9-2)26-40-25-33/h10-13,28-29H,8-9,14-27,35H2,1-7H3/t28-,29?,33?,34?/m1/s1. The van der Waals surface area contributed by atoms with Gasteiger partial charge in [0.05, 0.1) is 85.4 Å². The van der Waals surface area contributed by atoms with Crippen molar-refractivity contribution in [1.82, 2.24) is 0 Å². The Morgan fingerprint density at radius 1 is 0.651 bits per heavy atom. The molecule has 1 aromatic rings. The zero-order valence-electron chi connectivity index (χ0n) is 28.1. The Bertz CT molecular complexity index is 871. The second-order valence-corrected chi connectivity index (χ2v) is 13.5. The minimum Gasteiger partial charge on any atom is -0.489 e. The van der Waals surface area contributed by atoms with Crippen molar-refractivity contribution in [2.45, 2.75) is 67.4 Å². The molecule has 0 saturated heterocycles. The minimum absolute atomic E-state index is 0.0169. The van der Waals surface area contributed by atoms with E-state index in [4.69, 9.17) is 43.6 Å². The molecule has 0 bridgehead atoms. The summed E-state index contributed by atoms with van der Waals surface area (Å²) in [4.78, 5) is 0. The molecule has 250 valence electrons. The van der Waals surface area contributed by atoms with Crippen LogP contribution in [-0.4, -0.2) is 98.5 Å². The molecule has 9 heteroatoms. The fourth-order valence-electron chi connectivity index (χ4n) is 4.34. The Hall–Kier alpha value is -1.46. The minimum atomic E-state index is -0.144. The summed E-state index contributed by atoms with van der Waals surface area (Å²) in [7, 11) is 0. The fraction of sp³-hybridized carbons (Fsp3) is 0.824. The van der Waals surface area contributed by atoms with Crippen LogP contribution in [0.1, 0.15) is 61.3 Å². The van der Waals surface area contributed by atoms with Crippen LogP contribution >= 0.6 is 0 Å². The van der Waals surface area contributed by atoms with Gasteiger partial charge in [0.15, 0.2) is 11.5 Å². The van der Waals surface area contributed by atoms with E-state index in [0.717, 1.165) is 18.6 Å². The van der Waals surface area contributed by atoms with Crippen molar-refractivity contribution in [3.05, 3.63) is 24.3 Å². The van der Waals surface area contributed by atoms with Crippen molar-refractivity contribution in [3.8, 4) is 11.5 Å². The van der Waals surface area contributed by atoms with E-state index in [1.165, 1.54) is 0 Å². The van der Waals surface area contributed by atoms with Crippen LogP contribution in [0.25, 0.3) is 0 Å². The highest BCUT2D eigenvalue weighted by atomic mass is 16.6. The highest BCUT2D eigenvalue weighted by Crippen LogP contribution is 2.31. The molecule has 43 heavy (non-hydrogen) atoms. The Labute approximate surface area is 261 Å². The second-order valence-electron chi connectivity index (χ2n) is 13.5. The third-order valence-corrected chi connectivity index (χ3v) is 7.98. The summed E-state index contributed by atoms with van der Waals surface area (Å²) < 4.78 is 48.4. The smallest absolute Gasteiger partial charge is 0.161 e. The number of fused-ring (bicyclic) bond motifs is 1. The van der Waals surface area contributed by atoms with Gasteiger partial charge in [0.2, 0.25) is 0 Å². The predicted molar refractivity (Wildman–Crippen MR) is 170 cm³/mol. The zero-order chi connectivity index (χ0) is 31.6. The van der Waals surface area contributed by atoms with Gasteiger partial charge in [-0.2, -0.15) is 0 Å². The van der Waals surface area contributed by atoms with Crippen LogP contribution in [0.5, 0.6) is 11.5 Å². The molecule has 0 aliphatic carbocycles. The van der Waals surface area contributed by atoms with Gasteiger partial charge in [-0.15, -0.1) is 0 Å². The molecule has 0 fully saturated rings. The van der Waals surface area contributed by atoms with Gasteiger partial charge in [-0.05, 0) is 38.4 Å². The lowest BCUT2D eigenvalue weighted by atomic mass is 9.88. The van der Waals surface area contributed by atoms with E-state index in [-0.39, 0.29) is 28.3 Å². The molecule has 2 rings (SSSR count). The van der Waals surface area contributed by atoms with E-state index in [9.17, 15) is 0 Å². The Morgan fingerprint density at radius 3 is 1.86 bits per heavy atom. The molecule has 2 N–H and O–H groups in total. The van der Waals surface area contributed by atoms with E-state index in [1.54, 1.807) is 0 Å². The first-order valence-electron chi connectivity index (χ1n) is 16.1. The molecule has 1 aromatic carbocycles. The average Bonchev–Trinajstić information content (AvgIpc) is 2.98. The lowest BCUT2D eigenvalue weighted by Crippen LogP contribution is -2.34. The summed E-state index contributed by atoms with van der Waals surface area (Å²) in [5, 5.41) is 0. The molecule has 0 saturated carbocycles. The highest BCUT2D eigenvalue weighted by molar-refractivity contribution is 5.39. The summed E-state index contributed by atoms with van der Waals surface area (Å²) >= 11 is 0. The number of benzene rings is 1. The number of rotatable bonds is 3. The van der Waals surface area contributed by atoms with Crippen molar-refractivity contribution in [3.63, 3.8) is 0 Å². The summed E-state index contributed by atoms with van der Waals surface area (Å²) in [5.41, 5.74) is 5.63. The molecule has 4 atom stereocenters. The van der Waals surface area contributed by atoms with Gasteiger partial charge >= 0.3 is 0 Å². The van der Waals surface area contributed by atoms with Crippen LogP contribution in [0, 0.1) is 22.2 Å². The molecule has 0 aromatic heterocycles. The van der Waals surface area contributed by atoms with Crippen LogP contribution < -0.4 is 15.2 Å². The first-order valence-corrected chi connectivity index (χ1v) is 16.1. The van der Waals surface area contributed by atoms with Crippen LogP contribution in [-0.2, 0) is 28.4 Å². The van der Waals surface area contributed by atoms with Gasteiger partial charge in [0.25, 0.3) is 0 Å². The van der Waals surface area contributed by atoms with Crippen molar-refractivity contribution < 1.29 is 37.9 Å². The third-order valence-electron chi connectivity index (χ3n) is 7.98. The van der Waals surface area contributed by atoms with Gasteiger partial charge in [-0.25, -0.2) is 0 Å². The third kappa shape index (κ3) is 15.4. The van der Waals surface area contributed by atoms with Gasteiger partial charge < -0.3 is 43.6 Å². The molecule has 9 nitrogen and oxygen atoms in total. The van der Waals surface area contributed by atoms with Gasteiger partial charge in [-0.3, -0.25) is 0 Å². The van der Waals surface area contributed by atoms with Crippen molar-refractivity contribution in [2.75, 3.05) is 92.4 Å². The zero-order valence-corrected chi connectivity index (χ0v) is 28.1. The van der Waals surface area contributed by atoms with E-state index < -0.39 is 0 Å². The molecule has 0 amide bonds. The van der Waals surface area contributed by atoms with E-state index in [0.29, 0.717) is 98.2 Å². The normalized spacial score (nSPS) is 30.5. The molecular weight excluding hydrogens is 550 g/mol. The second kappa shape index (κ2) is 19.8. The molecule has 1 heterocycles. The van der Waals surface area contributed by atoms with Crippen LogP contribution in [0.4, 0.5) is 0 Å². The van der Waals surface area contributed by atoms with Gasteiger partial charge in [0, 0.05) is 22.2 Å². The number of para-hydroxylation sites is 2. The Morgan fingerprint density at radius 2 is 1.21 bits per heavy atom.